The number of anilines is 2. The van der Waals surface area contributed by atoms with Gasteiger partial charge in [-0.2, -0.15) is 0 Å². The number of hydrogen-bond acceptors (Lipinski definition) is 9. The number of nitrogens with zero attached hydrogens (tertiary/aromatic N) is 3. The van der Waals surface area contributed by atoms with E-state index in [1.165, 1.54) is 15.6 Å². The Morgan fingerprint density at radius 2 is 2.11 bits per heavy atom. The molecular weight excluding hydrogens is 424 g/mol. The van der Waals surface area contributed by atoms with E-state index in [-0.39, 0.29) is 25.7 Å². The van der Waals surface area contributed by atoms with Crippen molar-refractivity contribution in [1.82, 2.24) is 10.2 Å². The average molecular weight is 445 g/mol. The number of carbonyl (C=O) groups excluding carboxylic acids is 1. The fourth-order valence-electron chi connectivity index (χ4n) is 2.53. The molecule has 3 rings (SSSR count). The van der Waals surface area contributed by atoms with E-state index in [9.17, 15) is 13.2 Å². The van der Waals surface area contributed by atoms with Crippen molar-refractivity contribution in [2.75, 3.05) is 35.0 Å². The first-order chi connectivity index (χ1) is 13.4. The number of amides is 1. The number of ether oxygens (including phenoxy) is 2. The van der Waals surface area contributed by atoms with Gasteiger partial charge >= 0.3 is 0 Å². The molecule has 0 bridgehead atoms. The van der Waals surface area contributed by atoms with Gasteiger partial charge < -0.3 is 14.8 Å². The number of aromatic nitrogens is 2. The molecule has 0 radical (unpaired) electrons. The maximum absolute atomic E-state index is 12.2. The molecule has 12 heteroatoms. The molecular formula is C16H20N4O5S3. The van der Waals surface area contributed by atoms with Crippen LogP contribution in [0.5, 0.6) is 11.5 Å². The minimum Gasteiger partial charge on any atom is -0.454 e. The van der Waals surface area contributed by atoms with Gasteiger partial charge in [0.05, 0.1) is 11.9 Å². The summed E-state index contributed by atoms with van der Waals surface area (Å²) < 4.78 is 37.0. The molecule has 1 aliphatic heterocycles. The molecule has 0 atom stereocenters. The summed E-state index contributed by atoms with van der Waals surface area (Å²) in [5.41, 5.74) is 0.470. The van der Waals surface area contributed by atoms with Crippen molar-refractivity contribution in [3.63, 3.8) is 0 Å². The highest BCUT2D eigenvalue weighted by atomic mass is 32.2. The van der Waals surface area contributed by atoms with Gasteiger partial charge in [0.15, 0.2) is 15.8 Å². The highest BCUT2D eigenvalue weighted by Gasteiger charge is 2.21. The Morgan fingerprint density at radius 3 is 2.86 bits per heavy atom. The zero-order valence-corrected chi connectivity index (χ0v) is 17.8. The molecule has 28 heavy (non-hydrogen) atoms. The van der Waals surface area contributed by atoms with Gasteiger partial charge in [0.1, 0.15) is 0 Å². The molecule has 152 valence electrons. The molecule has 1 aromatic carbocycles. The monoisotopic (exact) mass is 444 g/mol. The Labute approximate surface area is 171 Å². The van der Waals surface area contributed by atoms with Gasteiger partial charge in [-0.25, -0.2) is 8.42 Å². The van der Waals surface area contributed by atoms with Gasteiger partial charge in [-0.3, -0.25) is 9.10 Å². The molecule has 1 N–H and O–H groups in total. The molecule has 0 saturated heterocycles. The number of thioether (sulfide) groups is 1. The number of fused-ring (bicyclic) bond motifs is 1. The molecule has 0 aliphatic carbocycles. The van der Waals surface area contributed by atoms with Gasteiger partial charge in [-0.1, -0.05) is 30.0 Å². The Hall–Kier alpha value is -2.05. The zero-order chi connectivity index (χ0) is 20.1. The predicted molar refractivity (Wildman–Crippen MR) is 109 cm³/mol. The number of carbonyl (C=O) groups is 1. The molecule has 0 spiro atoms. The highest BCUT2D eigenvalue weighted by Crippen LogP contribution is 2.36. The van der Waals surface area contributed by atoms with Crippen molar-refractivity contribution in [3.8, 4) is 11.5 Å². The summed E-state index contributed by atoms with van der Waals surface area (Å²) >= 11 is 2.87. The second-order valence-corrected chi connectivity index (χ2v) is 10.2. The normalized spacial score (nSPS) is 12.8. The lowest BCUT2D eigenvalue weighted by Crippen LogP contribution is -2.31. The van der Waals surface area contributed by atoms with Gasteiger partial charge in [0, 0.05) is 19.0 Å². The van der Waals surface area contributed by atoms with E-state index in [0.717, 1.165) is 16.3 Å². The predicted octanol–water partition coefficient (Wildman–Crippen LogP) is 2.56. The van der Waals surface area contributed by atoms with E-state index >= 15 is 0 Å². The van der Waals surface area contributed by atoms with Crippen LogP contribution in [0, 0.1) is 0 Å². The Bertz CT molecular complexity index is 948. The SMILES string of the molecule is CCSc1nnc(NC(=O)CCCN(c2ccc3c(c2)OCO3)S(C)(=O)=O)s1. The van der Waals surface area contributed by atoms with Crippen LogP contribution in [-0.4, -0.2) is 49.9 Å². The van der Waals surface area contributed by atoms with Gasteiger partial charge in [0.2, 0.25) is 27.9 Å². The van der Waals surface area contributed by atoms with Gasteiger partial charge in [-0.15, -0.1) is 10.2 Å². The maximum atomic E-state index is 12.2. The van der Waals surface area contributed by atoms with E-state index in [4.69, 9.17) is 9.47 Å². The van der Waals surface area contributed by atoms with Gasteiger partial charge in [0.25, 0.3) is 0 Å². The van der Waals surface area contributed by atoms with Crippen LogP contribution in [0.25, 0.3) is 0 Å². The summed E-state index contributed by atoms with van der Waals surface area (Å²) in [4.78, 5) is 12.1. The third-order valence-electron chi connectivity index (χ3n) is 3.73. The lowest BCUT2D eigenvalue weighted by molar-refractivity contribution is -0.116. The standard InChI is InChI=1S/C16H20N4O5S3/c1-3-26-16-19-18-15(27-16)17-14(21)5-4-8-20(28(2,22)23)11-6-7-12-13(9-11)25-10-24-12/h6-7,9H,3-5,8,10H2,1-2H3,(H,17,18,21). The van der Waals surface area contributed by atoms with Gasteiger partial charge in [-0.05, 0) is 24.3 Å². The van der Waals surface area contributed by atoms with Crippen molar-refractivity contribution in [3.05, 3.63) is 18.2 Å². The van der Waals surface area contributed by atoms with Crippen molar-refractivity contribution in [2.45, 2.75) is 24.1 Å². The number of rotatable bonds is 9. The largest absolute Gasteiger partial charge is 0.454 e. The highest BCUT2D eigenvalue weighted by molar-refractivity contribution is 8.01. The summed E-state index contributed by atoms with van der Waals surface area (Å²) in [5.74, 6) is 1.72. The fraction of sp³-hybridized carbons (Fsp3) is 0.438. The number of benzene rings is 1. The second kappa shape index (κ2) is 8.97. The first-order valence-corrected chi connectivity index (χ1v) is 12.2. The third-order valence-corrected chi connectivity index (χ3v) is 6.78. The van der Waals surface area contributed by atoms with E-state index in [1.54, 1.807) is 30.0 Å². The Balaban J connectivity index is 1.57. The molecule has 2 aromatic rings. The Kier molecular flexibility index (Phi) is 6.62. The molecule has 1 amide bonds. The van der Waals surface area contributed by atoms with Crippen LogP contribution >= 0.6 is 23.1 Å². The lowest BCUT2D eigenvalue weighted by Gasteiger charge is -2.22. The Morgan fingerprint density at radius 1 is 1.32 bits per heavy atom. The summed E-state index contributed by atoms with van der Waals surface area (Å²) in [6.45, 7) is 2.29. The topological polar surface area (TPSA) is 111 Å². The summed E-state index contributed by atoms with van der Waals surface area (Å²) in [7, 11) is -3.51. The minimum absolute atomic E-state index is 0.113. The maximum Gasteiger partial charge on any atom is 0.232 e. The lowest BCUT2D eigenvalue weighted by atomic mass is 10.2. The molecule has 2 heterocycles. The van der Waals surface area contributed by atoms with E-state index in [2.05, 4.69) is 15.5 Å². The summed E-state index contributed by atoms with van der Waals surface area (Å²) in [5, 5.41) is 11.0. The second-order valence-electron chi connectivity index (χ2n) is 5.83. The van der Waals surface area contributed by atoms with E-state index in [1.807, 2.05) is 6.92 Å². The fourth-order valence-corrected chi connectivity index (χ4v) is 5.16. The molecule has 9 nitrogen and oxygen atoms in total. The summed E-state index contributed by atoms with van der Waals surface area (Å²) in [6, 6.07) is 4.95. The summed E-state index contributed by atoms with van der Waals surface area (Å²) in [6.07, 6.45) is 1.64. The van der Waals surface area contributed by atoms with E-state index in [0.29, 0.717) is 28.7 Å². The molecule has 1 aromatic heterocycles. The van der Waals surface area contributed by atoms with Crippen molar-refractivity contribution in [2.24, 2.45) is 0 Å². The minimum atomic E-state index is -3.51. The van der Waals surface area contributed by atoms with Crippen molar-refractivity contribution >= 4 is 49.8 Å². The van der Waals surface area contributed by atoms with Crippen LogP contribution in [0.3, 0.4) is 0 Å². The molecule has 0 unspecified atom stereocenters. The zero-order valence-electron chi connectivity index (χ0n) is 15.4. The van der Waals surface area contributed by atoms with Crippen LogP contribution in [0.2, 0.25) is 0 Å². The average Bonchev–Trinajstić information content (AvgIpc) is 3.26. The first-order valence-electron chi connectivity index (χ1n) is 8.50. The van der Waals surface area contributed by atoms with Crippen molar-refractivity contribution in [1.29, 1.82) is 0 Å². The van der Waals surface area contributed by atoms with Crippen LogP contribution < -0.4 is 19.1 Å². The van der Waals surface area contributed by atoms with Crippen LogP contribution in [0.1, 0.15) is 19.8 Å². The van der Waals surface area contributed by atoms with E-state index < -0.39 is 10.0 Å². The quantitative estimate of drug-likeness (QED) is 0.464. The van der Waals surface area contributed by atoms with Crippen LogP contribution in [0.15, 0.2) is 22.5 Å². The molecule has 0 fully saturated rings. The van der Waals surface area contributed by atoms with Crippen LogP contribution in [-0.2, 0) is 14.8 Å². The van der Waals surface area contributed by atoms with Crippen molar-refractivity contribution < 1.29 is 22.7 Å². The molecule has 1 aliphatic rings. The number of sulfonamides is 1. The molecule has 0 saturated carbocycles. The third kappa shape index (κ3) is 5.26. The van der Waals surface area contributed by atoms with Crippen LogP contribution in [0.4, 0.5) is 10.8 Å². The smallest absolute Gasteiger partial charge is 0.232 e. The first kappa shape index (κ1) is 20.7. The number of nitrogens with one attached hydrogen (secondary N) is 1. The number of hydrogen-bond donors (Lipinski definition) is 1.